The molecule has 232 valence electrons. The van der Waals surface area contributed by atoms with E-state index < -0.39 is 76.6 Å². The van der Waals surface area contributed by atoms with Crippen molar-refractivity contribution in [2.24, 2.45) is 0 Å². The summed E-state index contributed by atoms with van der Waals surface area (Å²) < 4.78 is 65.6. The number of aliphatic hydroxyl groups is 1. The average molecular weight is 670 g/mol. The van der Waals surface area contributed by atoms with Crippen LogP contribution in [0.2, 0.25) is 0 Å². The van der Waals surface area contributed by atoms with Gasteiger partial charge in [0.2, 0.25) is 7.57 Å². The molecule has 3 saturated heterocycles. The monoisotopic (exact) mass is 670 g/mol. The van der Waals surface area contributed by atoms with Crippen LogP contribution in [0.5, 0.6) is 0 Å². The van der Waals surface area contributed by atoms with Crippen LogP contribution in [0.25, 0.3) is 22.3 Å². The molecule has 0 aromatic carbocycles. The van der Waals surface area contributed by atoms with Crippen molar-refractivity contribution >= 4 is 67.5 Å². The first-order chi connectivity index (χ1) is 20.9. The van der Waals surface area contributed by atoms with Gasteiger partial charge in [0, 0.05) is 0 Å². The molecule has 44 heavy (non-hydrogen) atoms. The molecule has 4 aromatic heterocycles. The van der Waals surface area contributed by atoms with Gasteiger partial charge in [0.05, 0.1) is 25.9 Å². The number of nitrogens with zero attached hydrogens (tertiary/aromatic N) is 8. The van der Waals surface area contributed by atoms with E-state index in [2.05, 4.69) is 29.9 Å². The highest BCUT2D eigenvalue weighted by Gasteiger charge is 2.53. The van der Waals surface area contributed by atoms with E-state index in [1.807, 2.05) is 0 Å². The molecule has 0 aliphatic carbocycles. The molecule has 24 heteroatoms. The van der Waals surface area contributed by atoms with Crippen molar-refractivity contribution in [2.45, 2.75) is 49.1 Å². The maximum absolute atomic E-state index is 16.0. The second-order valence-electron chi connectivity index (χ2n) is 9.97. The number of hydrogen-bond acceptors (Lipinski definition) is 17. The van der Waals surface area contributed by atoms with Gasteiger partial charge in [-0.3, -0.25) is 18.2 Å². The molecule has 3 aliphatic heterocycles. The Hall–Kier alpha value is -2.75. The highest BCUT2D eigenvalue weighted by atomic mass is 32.5. The van der Waals surface area contributed by atoms with Crippen LogP contribution < -0.4 is 11.5 Å². The van der Waals surface area contributed by atoms with Gasteiger partial charge in [0.15, 0.2) is 41.6 Å². The van der Waals surface area contributed by atoms with Crippen molar-refractivity contribution < 1.29 is 46.5 Å². The van der Waals surface area contributed by atoms with Gasteiger partial charge in [-0.05, 0) is 11.8 Å². The second-order valence-corrected chi connectivity index (χ2v) is 14.3. The minimum atomic E-state index is -4.53. The summed E-state index contributed by atoms with van der Waals surface area (Å²) in [6.45, 7) is -5.38. The molecule has 6 N–H and O–H groups in total. The third-order valence-corrected chi connectivity index (χ3v) is 9.85. The maximum atomic E-state index is 16.0. The van der Waals surface area contributed by atoms with Gasteiger partial charge in [0.1, 0.15) is 54.2 Å². The van der Waals surface area contributed by atoms with E-state index in [1.54, 1.807) is 0 Å². The van der Waals surface area contributed by atoms with Gasteiger partial charge in [-0.15, -0.1) is 0 Å². The molecule has 0 amide bonds. The van der Waals surface area contributed by atoms with Crippen molar-refractivity contribution in [2.75, 3.05) is 24.7 Å². The molecule has 4 aromatic rings. The fourth-order valence-electron chi connectivity index (χ4n) is 5.23. The molecular formula is C20H22BFN10O9P2S. The molecular weight excluding hydrogens is 648 g/mol. The molecule has 2 radical (unpaired) electrons. The van der Waals surface area contributed by atoms with Crippen molar-refractivity contribution in [3.05, 3.63) is 25.3 Å². The van der Waals surface area contributed by atoms with Gasteiger partial charge in [-0.1, -0.05) is 0 Å². The summed E-state index contributed by atoms with van der Waals surface area (Å²) in [5.74, 6) is 0.148. The number of imidazole rings is 2. The predicted octanol–water partition coefficient (Wildman–Crippen LogP) is -0.365. The summed E-state index contributed by atoms with van der Waals surface area (Å²) in [6, 6.07) is 0. The number of hydrogen-bond donors (Lipinski definition) is 4. The molecule has 0 spiro atoms. The quantitative estimate of drug-likeness (QED) is 0.157. The number of nitrogen functional groups attached to an aromatic ring is 2. The third kappa shape index (κ3) is 5.19. The van der Waals surface area contributed by atoms with Gasteiger partial charge < -0.3 is 44.5 Å². The van der Waals surface area contributed by atoms with E-state index in [0.717, 1.165) is 0 Å². The molecule has 7 rings (SSSR count). The van der Waals surface area contributed by atoms with E-state index in [4.69, 9.17) is 58.4 Å². The van der Waals surface area contributed by atoms with Gasteiger partial charge in [-0.25, -0.2) is 34.3 Å². The van der Waals surface area contributed by atoms with E-state index in [-0.39, 0.29) is 34.0 Å². The highest BCUT2D eigenvalue weighted by Crippen LogP contribution is 2.54. The molecule has 3 aliphatic rings. The molecule has 0 saturated carbocycles. The van der Waals surface area contributed by atoms with Crippen LogP contribution in [0.1, 0.15) is 12.5 Å². The average Bonchev–Trinajstić information content (AvgIpc) is 3.73. The lowest BCUT2D eigenvalue weighted by Crippen LogP contribution is -2.38. The largest absolute Gasteiger partial charge is 0.386 e. The van der Waals surface area contributed by atoms with Crippen LogP contribution in [0.15, 0.2) is 25.3 Å². The lowest BCUT2D eigenvalue weighted by molar-refractivity contribution is -0.0572. The van der Waals surface area contributed by atoms with Crippen LogP contribution in [-0.2, 0) is 43.9 Å². The smallest absolute Gasteiger partial charge is 0.325 e. The number of rotatable bonds is 2. The summed E-state index contributed by atoms with van der Waals surface area (Å²) in [7, 11) is 1.33. The SMILES string of the molecule is [B]P1(=O)OC[C@H]2O[C@@H](n3cnc4c(N)ncnc43)C(O)[C@H]2OP(O)(=S)OC[C@H]2O[C@@H](n3cnc4c(N)ncnc43)C(F)[C@H]2O1. The van der Waals surface area contributed by atoms with Crippen LogP contribution in [-0.4, -0.2) is 107 Å². The summed E-state index contributed by atoms with van der Waals surface area (Å²) in [6.07, 6.45) is -6.88. The Balaban J connectivity index is 1.17. The minimum absolute atomic E-state index is 0.0574. The van der Waals surface area contributed by atoms with Crippen molar-refractivity contribution in [3.63, 3.8) is 0 Å². The Kier molecular flexibility index (Phi) is 7.45. The Bertz CT molecular complexity index is 1710. The zero-order valence-corrected chi connectivity index (χ0v) is 24.7. The Morgan fingerprint density at radius 2 is 1.43 bits per heavy atom. The number of aliphatic hydroxyl groups excluding tert-OH is 1. The van der Waals surface area contributed by atoms with Crippen LogP contribution in [0.4, 0.5) is 16.0 Å². The maximum Gasteiger partial charge on any atom is 0.325 e. The van der Waals surface area contributed by atoms with E-state index in [9.17, 15) is 14.6 Å². The standard InChI is InChI=1S/C20H22BFN10O9P2S/c21-42(34)36-1-8-14(12(33)20(39-8)32-6-30-11-16(24)26-4-28-18(11)32)41-43(35,44)37-2-7-13(40-42)9(22)19(38-7)31-5-29-10-15(23)25-3-27-17(10)31/h3-9,12-14,19-20,33H,1-2H2,(H,35,44)(H2,23,25,27)(H2,24,26,28)/t7-,8-,9?,12?,13+,14+,19-,20-,42?,43?/m1/s1. The number of aromatic nitrogens is 8. The molecule has 3 fully saturated rings. The van der Waals surface area contributed by atoms with Crippen LogP contribution in [0, 0.1) is 0 Å². The predicted molar refractivity (Wildman–Crippen MR) is 150 cm³/mol. The number of anilines is 2. The fourth-order valence-corrected chi connectivity index (χ4v) is 7.69. The first kappa shape index (κ1) is 29.9. The molecule has 0 bridgehead atoms. The van der Waals surface area contributed by atoms with Crippen LogP contribution >= 0.6 is 14.2 Å². The van der Waals surface area contributed by atoms with Gasteiger partial charge >= 0.3 is 6.72 Å². The van der Waals surface area contributed by atoms with E-state index >= 15 is 4.39 Å². The van der Waals surface area contributed by atoms with Gasteiger partial charge in [0.25, 0.3) is 7.47 Å². The lowest BCUT2D eigenvalue weighted by atomic mass is 10.1. The minimum Gasteiger partial charge on any atom is -0.386 e. The first-order valence-corrected chi connectivity index (χ1v) is 17.0. The van der Waals surface area contributed by atoms with E-state index in [0.29, 0.717) is 0 Å². The first-order valence-electron chi connectivity index (χ1n) is 12.8. The van der Waals surface area contributed by atoms with Crippen LogP contribution in [0.3, 0.4) is 0 Å². The number of halogens is 1. The number of ether oxygens (including phenoxy) is 2. The normalized spacial score (nSPS) is 38.2. The van der Waals surface area contributed by atoms with Crippen molar-refractivity contribution in [3.8, 4) is 0 Å². The molecule has 4 unspecified atom stereocenters. The summed E-state index contributed by atoms with van der Waals surface area (Å²) in [5, 5.41) is 11.2. The number of alkyl halides is 1. The fraction of sp³-hybridized carbons (Fsp3) is 0.500. The molecule has 19 nitrogen and oxygen atoms in total. The van der Waals surface area contributed by atoms with Crippen molar-refractivity contribution in [1.82, 2.24) is 39.0 Å². The molecule has 7 heterocycles. The Morgan fingerprint density at radius 3 is 2.07 bits per heavy atom. The zero-order chi connectivity index (χ0) is 31.0. The Labute approximate surface area is 252 Å². The Morgan fingerprint density at radius 1 is 0.886 bits per heavy atom. The highest BCUT2D eigenvalue weighted by molar-refractivity contribution is 8.07. The molecule has 10 atom stereocenters. The summed E-state index contributed by atoms with van der Waals surface area (Å²) in [4.78, 5) is 35.2. The second kappa shape index (κ2) is 11.0. The van der Waals surface area contributed by atoms with Crippen molar-refractivity contribution in [1.29, 1.82) is 0 Å². The zero-order valence-electron chi connectivity index (χ0n) is 22.1. The topological polar surface area (TPSA) is 252 Å². The van der Waals surface area contributed by atoms with E-state index in [1.165, 1.54) is 34.4 Å². The number of fused-ring (bicyclic) bond motifs is 4. The third-order valence-electron chi connectivity index (χ3n) is 7.24. The summed E-state index contributed by atoms with van der Waals surface area (Å²) in [5.41, 5.74) is 12.5. The number of nitrogens with two attached hydrogens (primary N) is 2. The van der Waals surface area contributed by atoms with Gasteiger partial charge in [-0.2, -0.15) is 0 Å². The summed E-state index contributed by atoms with van der Waals surface area (Å²) >= 11 is 5.20. The lowest BCUT2D eigenvalue weighted by Gasteiger charge is -2.30.